The molecule has 1 N–H and O–H groups in total. The van der Waals surface area contributed by atoms with Crippen LogP contribution in [0.2, 0.25) is 0 Å². The lowest BCUT2D eigenvalue weighted by Gasteiger charge is -1.98. The standard InChI is InChI=1S/C17H14N2O2S/c1-11-5-4-6-12(9-11)17-19-16(13-7-2-3-8-18-13)14(22-17)10-15(20)21/h2-9H,10H2,1H3,(H,20,21). The number of hydrogen-bond acceptors (Lipinski definition) is 4. The average Bonchev–Trinajstić information content (AvgIpc) is 2.91. The second kappa shape index (κ2) is 6.07. The molecule has 0 spiro atoms. The quantitative estimate of drug-likeness (QED) is 0.796. The van der Waals surface area contributed by atoms with Gasteiger partial charge in [0.15, 0.2) is 0 Å². The van der Waals surface area contributed by atoms with Crippen LogP contribution < -0.4 is 0 Å². The summed E-state index contributed by atoms with van der Waals surface area (Å²) in [6, 6.07) is 13.6. The molecular formula is C17H14N2O2S. The van der Waals surface area contributed by atoms with E-state index in [0.29, 0.717) is 11.4 Å². The van der Waals surface area contributed by atoms with E-state index in [-0.39, 0.29) is 6.42 Å². The van der Waals surface area contributed by atoms with Crippen molar-refractivity contribution in [2.75, 3.05) is 0 Å². The van der Waals surface area contributed by atoms with Crippen LogP contribution >= 0.6 is 11.3 Å². The number of aryl methyl sites for hydroxylation is 1. The Kier molecular flexibility index (Phi) is 3.98. The van der Waals surface area contributed by atoms with Crippen molar-refractivity contribution in [3.63, 3.8) is 0 Å². The van der Waals surface area contributed by atoms with Crippen molar-refractivity contribution >= 4 is 17.3 Å². The SMILES string of the molecule is Cc1cccc(-c2nc(-c3ccccn3)c(CC(=O)O)s2)c1. The maximum absolute atomic E-state index is 11.1. The maximum Gasteiger partial charge on any atom is 0.308 e. The van der Waals surface area contributed by atoms with Crippen LogP contribution in [0.1, 0.15) is 10.4 Å². The molecular weight excluding hydrogens is 296 g/mol. The third-order valence-electron chi connectivity index (χ3n) is 3.18. The van der Waals surface area contributed by atoms with Gasteiger partial charge < -0.3 is 5.11 Å². The van der Waals surface area contributed by atoms with E-state index in [1.54, 1.807) is 6.20 Å². The van der Waals surface area contributed by atoms with E-state index in [9.17, 15) is 4.79 Å². The Morgan fingerprint density at radius 1 is 1.23 bits per heavy atom. The molecule has 2 aromatic heterocycles. The fraction of sp³-hybridized carbons (Fsp3) is 0.118. The summed E-state index contributed by atoms with van der Waals surface area (Å²) in [6.45, 7) is 2.02. The van der Waals surface area contributed by atoms with Gasteiger partial charge in [-0.2, -0.15) is 0 Å². The lowest BCUT2D eigenvalue weighted by atomic mass is 10.1. The Morgan fingerprint density at radius 3 is 2.77 bits per heavy atom. The van der Waals surface area contributed by atoms with Crippen LogP contribution in [0.15, 0.2) is 48.7 Å². The Hall–Kier alpha value is -2.53. The monoisotopic (exact) mass is 310 g/mol. The van der Waals surface area contributed by atoms with Crippen LogP contribution in [0.5, 0.6) is 0 Å². The van der Waals surface area contributed by atoms with Gasteiger partial charge in [-0.25, -0.2) is 4.98 Å². The van der Waals surface area contributed by atoms with Crippen LogP contribution in [0, 0.1) is 6.92 Å². The maximum atomic E-state index is 11.1. The minimum absolute atomic E-state index is 0.0462. The highest BCUT2D eigenvalue weighted by atomic mass is 32.1. The van der Waals surface area contributed by atoms with Crippen molar-refractivity contribution in [2.24, 2.45) is 0 Å². The summed E-state index contributed by atoms with van der Waals surface area (Å²) in [5, 5.41) is 9.94. The molecule has 4 nitrogen and oxygen atoms in total. The molecule has 2 heterocycles. The number of aliphatic carboxylic acids is 1. The molecule has 0 saturated carbocycles. The van der Waals surface area contributed by atoms with Crippen LogP contribution in [0.3, 0.4) is 0 Å². The highest BCUT2D eigenvalue weighted by Crippen LogP contribution is 2.33. The van der Waals surface area contributed by atoms with Gasteiger partial charge >= 0.3 is 5.97 Å². The number of benzene rings is 1. The minimum Gasteiger partial charge on any atom is -0.481 e. The Labute approximate surface area is 132 Å². The predicted octanol–water partition coefficient (Wildman–Crippen LogP) is 3.81. The van der Waals surface area contributed by atoms with Gasteiger partial charge in [0.2, 0.25) is 0 Å². The Morgan fingerprint density at radius 2 is 2.09 bits per heavy atom. The van der Waals surface area contributed by atoms with E-state index in [1.165, 1.54) is 11.3 Å². The molecule has 0 aliphatic carbocycles. The van der Waals surface area contributed by atoms with E-state index in [2.05, 4.69) is 9.97 Å². The van der Waals surface area contributed by atoms with Gasteiger partial charge in [0.05, 0.1) is 12.1 Å². The van der Waals surface area contributed by atoms with Crippen molar-refractivity contribution in [1.82, 2.24) is 9.97 Å². The first-order chi connectivity index (χ1) is 10.6. The van der Waals surface area contributed by atoms with Crippen molar-refractivity contribution in [1.29, 1.82) is 0 Å². The van der Waals surface area contributed by atoms with E-state index in [0.717, 1.165) is 21.0 Å². The molecule has 0 fully saturated rings. The zero-order valence-corrected chi connectivity index (χ0v) is 12.8. The van der Waals surface area contributed by atoms with E-state index in [4.69, 9.17) is 5.11 Å². The van der Waals surface area contributed by atoms with Crippen LogP contribution in [0.25, 0.3) is 22.0 Å². The molecule has 0 atom stereocenters. The van der Waals surface area contributed by atoms with Gasteiger partial charge in [0.1, 0.15) is 10.7 Å². The summed E-state index contributed by atoms with van der Waals surface area (Å²) < 4.78 is 0. The van der Waals surface area contributed by atoms with Gasteiger partial charge in [0, 0.05) is 16.6 Å². The number of pyridine rings is 1. The molecule has 1 aromatic carbocycles. The third kappa shape index (κ3) is 3.04. The summed E-state index contributed by atoms with van der Waals surface area (Å²) in [4.78, 5) is 20.8. The molecule has 0 bridgehead atoms. The predicted molar refractivity (Wildman–Crippen MR) is 86.9 cm³/mol. The van der Waals surface area contributed by atoms with Crippen molar-refractivity contribution in [3.8, 4) is 22.0 Å². The van der Waals surface area contributed by atoms with Gasteiger partial charge in [-0.1, -0.05) is 29.8 Å². The lowest BCUT2D eigenvalue weighted by Crippen LogP contribution is -1.99. The fourth-order valence-electron chi connectivity index (χ4n) is 2.21. The van der Waals surface area contributed by atoms with Crippen molar-refractivity contribution < 1.29 is 9.90 Å². The first kappa shape index (κ1) is 14.4. The molecule has 0 unspecified atom stereocenters. The second-order valence-corrected chi connectivity index (χ2v) is 6.03. The van der Waals surface area contributed by atoms with Gasteiger partial charge in [0.25, 0.3) is 0 Å². The lowest BCUT2D eigenvalue weighted by molar-refractivity contribution is -0.136. The molecule has 0 aliphatic heterocycles. The van der Waals surface area contributed by atoms with E-state index in [1.807, 2.05) is 49.4 Å². The number of thiazole rings is 1. The minimum atomic E-state index is -0.864. The van der Waals surface area contributed by atoms with Crippen LogP contribution in [-0.4, -0.2) is 21.0 Å². The number of rotatable bonds is 4. The summed E-state index contributed by atoms with van der Waals surface area (Å²) in [6.07, 6.45) is 1.64. The third-order valence-corrected chi connectivity index (χ3v) is 4.29. The number of carboxylic acids is 1. The van der Waals surface area contributed by atoms with Crippen LogP contribution in [0.4, 0.5) is 0 Å². The molecule has 3 rings (SSSR count). The normalized spacial score (nSPS) is 10.6. The molecule has 5 heteroatoms. The zero-order valence-electron chi connectivity index (χ0n) is 12.0. The number of carboxylic acid groups (broad SMARTS) is 1. The molecule has 22 heavy (non-hydrogen) atoms. The van der Waals surface area contributed by atoms with Gasteiger partial charge in [-0.05, 0) is 25.1 Å². The highest BCUT2D eigenvalue weighted by Gasteiger charge is 2.17. The number of carbonyl (C=O) groups is 1. The van der Waals surface area contributed by atoms with Crippen molar-refractivity contribution in [3.05, 3.63) is 59.1 Å². The highest BCUT2D eigenvalue weighted by molar-refractivity contribution is 7.15. The topological polar surface area (TPSA) is 63.1 Å². The molecule has 3 aromatic rings. The average molecular weight is 310 g/mol. The van der Waals surface area contributed by atoms with E-state index < -0.39 is 5.97 Å². The van der Waals surface area contributed by atoms with Gasteiger partial charge in [-0.3, -0.25) is 9.78 Å². The second-order valence-electron chi connectivity index (χ2n) is 4.95. The summed E-state index contributed by atoms with van der Waals surface area (Å²) in [5.74, 6) is -0.864. The number of aromatic nitrogens is 2. The molecule has 0 aliphatic rings. The molecule has 0 amide bonds. The fourth-order valence-corrected chi connectivity index (χ4v) is 3.27. The van der Waals surface area contributed by atoms with E-state index >= 15 is 0 Å². The largest absolute Gasteiger partial charge is 0.481 e. The molecule has 0 saturated heterocycles. The summed E-state index contributed by atoms with van der Waals surface area (Å²) in [7, 11) is 0. The summed E-state index contributed by atoms with van der Waals surface area (Å²) in [5.41, 5.74) is 3.50. The molecule has 0 radical (unpaired) electrons. The first-order valence-corrected chi connectivity index (χ1v) is 7.65. The number of hydrogen-bond donors (Lipinski definition) is 1. The summed E-state index contributed by atoms with van der Waals surface area (Å²) >= 11 is 1.41. The zero-order chi connectivity index (χ0) is 15.5. The van der Waals surface area contributed by atoms with Crippen molar-refractivity contribution in [2.45, 2.75) is 13.3 Å². The smallest absolute Gasteiger partial charge is 0.308 e. The van der Waals surface area contributed by atoms with Gasteiger partial charge in [-0.15, -0.1) is 11.3 Å². The Balaban J connectivity index is 2.10. The van der Waals surface area contributed by atoms with Crippen LogP contribution in [-0.2, 0) is 11.2 Å². The Bertz CT molecular complexity index is 813. The number of nitrogens with zero attached hydrogens (tertiary/aromatic N) is 2. The molecule has 110 valence electrons. The first-order valence-electron chi connectivity index (χ1n) is 6.83.